The van der Waals surface area contributed by atoms with E-state index in [4.69, 9.17) is 14.6 Å². The largest absolute Gasteiger partial charge is 0.497 e. The summed E-state index contributed by atoms with van der Waals surface area (Å²) in [5.74, 6) is 1.23. The highest BCUT2D eigenvalue weighted by Gasteiger charge is 2.27. The van der Waals surface area contributed by atoms with Crippen molar-refractivity contribution in [2.45, 2.75) is 25.8 Å². The van der Waals surface area contributed by atoms with E-state index in [0.29, 0.717) is 22.9 Å². The van der Waals surface area contributed by atoms with Crippen LogP contribution in [-0.2, 0) is 0 Å². The van der Waals surface area contributed by atoms with Crippen LogP contribution in [0.4, 0.5) is 0 Å². The molecule has 1 N–H and O–H groups in total. The Morgan fingerprint density at radius 1 is 1.11 bits per heavy atom. The number of hydrogen-bond donors (Lipinski definition) is 1. The Labute approximate surface area is 164 Å². The summed E-state index contributed by atoms with van der Waals surface area (Å²) in [6, 6.07) is 15.6. The number of amides is 1. The summed E-state index contributed by atoms with van der Waals surface area (Å²) in [4.78, 5) is 12.9. The first-order valence-corrected chi connectivity index (χ1v) is 9.29. The molecule has 0 unspecified atom stereocenters. The van der Waals surface area contributed by atoms with Crippen molar-refractivity contribution in [1.29, 1.82) is 0 Å². The smallest absolute Gasteiger partial charge is 0.270 e. The highest BCUT2D eigenvalue weighted by atomic mass is 16.5. The maximum atomic E-state index is 12.9. The van der Waals surface area contributed by atoms with E-state index in [0.717, 1.165) is 29.7 Å². The fourth-order valence-corrected chi connectivity index (χ4v) is 3.13. The monoisotopic (exact) mass is 377 g/mol. The van der Waals surface area contributed by atoms with Crippen LogP contribution in [0.1, 0.15) is 28.9 Å². The predicted octanol–water partition coefficient (Wildman–Crippen LogP) is 3.76. The Hall–Kier alpha value is -3.28. The number of aromatic nitrogens is 2. The quantitative estimate of drug-likeness (QED) is 0.710. The molecule has 1 aliphatic carbocycles. The van der Waals surface area contributed by atoms with Gasteiger partial charge in [0.1, 0.15) is 17.2 Å². The highest BCUT2D eigenvalue weighted by Crippen LogP contribution is 2.33. The van der Waals surface area contributed by atoms with Gasteiger partial charge in [0.2, 0.25) is 0 Å². The maximum absolute atomic E-state index is 12.9. The molecule has 4 rings (SSSR count). The second-order valence-electron chi connectivity index (χ2n) is 6.98. The number of carbonyl (C=O) groups is 1. The lowest BCUT2D eigenvalue weighted by Crippen LogP contribution is -2.27. The molecule has 3 aromatic rings. The van der Waals surface area contributed by atoms with E-state index in [1.165, 1.54) is 0 Å². The van der Waals surface area contributed by atoms with Crippen molar-refractivity contribution in [3.05, 3.63) is 59.8 Å². The second kappa shape index (κ2) is 7.38. The van der Waals surface area contributed by atoms with E-state index in [9.17, 15) is 4.79 Å². The van der Waals surface area contributed by atoms with Crippen molar-refractivity contribution in [3.63, 3.8) is 0 Å². The summed E-state index contributed by atoms with van der Waals surface area (Å²) in [5.41, 5.74) is 3.92. The molecule has 0 bridgehead atoms. The van der Waals surface area contributed by atoms with Crippen LogP contribution in [0.2, 0.25) is 0 Å². The van der Waals surface area contributed by atoms with Crippen LogP contribution in [-0.4, -0.2) is 35.9 Å². The lowest BCUT2D eigenvalue weighted by molar-refractivity contribution is 0.0943. The fraction of sp³-hybridized carbons (Fsp3) is 0.273. The van der Waals surface area contributed by atoms with Crippen molar-refractivity contribution in [3.8, 4) is 28.4 Å². The van der Waals surface area contributed by atoms with Crippen LogP contribution >= 0.6 is 0 Å². The Balaban J connectivity index is 1.82. The summed E-state index contributed by atoms with van der Waals surface area (Å²) in [6.07, 6.45) is 2.06. The van der Waals surface area contributed by atoms with E-state index in [-0.39, 0.29) is 11.9 Å². The number of methoxy groups -OCH3 is 2. The summed E-state index contributed by atoms with van der Waals surface area (Å²) in [6.45, 7) is 2.02. The molecule has 1 amide bonds. The van der Waals surface area contributed by atoms with Crippen LogP contribution in [0, 0.1) is 6.92 Å². The van der Waals surface area contributed by atoms with Crippen LogP contribution in [0.5, 0.6) is 11.5 Å². The summed E-state index contributed by atoms with van der Waals surface area (Å²) < 4.78 is 12.5. The first-order valence-electron chi connectivity index (χ1n) is 9.29. The molecule has 2 aromatic carbocycles. The maximum Gasteiger partial charge on any atom is 0.270 e. The van der Waals surface area contributed by atoms with Crippen molar-refractivity contribution in [2.24, 2.45) is 0 Å². The predicted molar refractivity (Wildman–Crippen MR) is 107 cm³/mol. The Bertz CT molecular complexity index is 1020. The van der Waals surface area contributed by atoms with Crippen LogP contribution < -0.4 is 14.8 Å². The van der Waals surface area contributed by atoms with Gasteiger partial charge >= 0.3 is 0 Å². The number of aryl methyl sites for hydroxylation is 1. The zero-order chi connectivity index (χ0) is 19.7. The summed E-state index contributed by atoms with van der Waals surface area (Å²) in [5, 5.41) is 7.80. The number of rotatable bonds is 6. The average Bonchev–Trinajstić information content (AvgIpc) is 3.41. The summed E-state index contributed by atoms with van der Waals surface area (Å²) >= 11 is 0. The van der Waals surface area contributed by atoms with Gasteiger partial charge in [-0.2, -0.15) is 5.10 Å². The molecule has 144 valence electrons. The average molecular weight is 377 g/mol. The fourth-order valence-electron chi connectivity index (χ4n) is 3.13. The third-order valence-corrected chi connectivity index (χ3v) is 4.79. The van der Waals surface area contributed by atoms with E-state index in [2.05, 4.69) is 5.32 Å². The van der Waals surface area contributed by atoms with Crippen molar-refractivity contribution < 1.29 is 14.3 Å². The van der Waals surface area contributed by atoms with E-state index >= 15 is 0 Å². The van der Waals surface area contributed by atoms with Crippen LogP contribution in [0.15, 0.2) is 48.5 Å². The highest BCUT2D eigenvalue weighted by molar-refractivity contribution is 5.95. The zero-order valence-corrected chi connectivity index (χ0v) is 16.2. The molecule has 1 fully saturated rings. The van der Waals surface area contributed by atoms with Gasteiger partial charge in [0.25, 0.3) is 5.91 Å². The van der Waals surface area contributed by atoms with Crippen molar-refractivity contribution in [2.75, 3.05) is 14.2 Å². The molecular weight excluding hydrogens is 354 g/mol. The topological polar surface area (TPSA) is 65.4 Å². The standard InChI is InChI=1S/C22H23N3O3/c1-14-5-4-6-16(11-14)25-20(22(26)23-15-7-8-15)13-19(24-25)18-10-9-17(27-2)12-21(18)28-3/h4-6,9-13,15H,7-8H2,1-3H3,(H,23,26). The molecule has 6 heteroatoms. The van der Waals surface area contributed by atoms with E-state index in [1.54, 1.807) is 18.9 Å². The molecule has 1 heterocycles. The lowest BCUT2D eigenvalue weighted by atomic mass is 10.1. The molecule has 6 nitrogen and oxygen atoms in total. The molecule has 0 radical (unpaired) electrons. The number of ether oxygens (including phenoxy) is 2. The molecule has 1 saturated carbocycles. The van der Waals surface area contributed by atoms with Gasteiger partial charge < -0.3 is 14.8 Å². The molecule has 0 spiro atoms. The van der Waals surface area contributed by atoms with Gasteiger partial charge in [-0.05, 0) is 55.7 Å². The van der Waals surface area contributed by atoms with Gasteiger partial charge in [-0.3, -0.25) is 4.79 Å². The zero-order valence-electron chi connectivity index (χ0n) is 16.2. The minimum Gasteiger partial charge on any atom is -0.497 e. The van der Waals surface area contributed by atoms with Gasteiger partial charge in [-0.1, -0.05) is 12.1 Å². The van der Waals surface area contributed by atoms with Crippen LogP contribution in [0.3, 0.4) is 0 Å². The Kier molecular flexibility index (Phi) is 4.77. The number of nitrogens with zero attached hydrogens (tertiary/aromatic N) is 2. The number of carbonyl (C=O) groups excluding carboxylic acids is 1. The van der Waals surface area contributed by atoms with Crippen molar-refractivity contribution in [1.82, 2.24) is 15.1 Å². The molecule has 0 saturated heterocycles. The first kappa shape index (κ1) is 18.1. The number of nitrogens with one attached hydrogen (secondary N) is 1. The second-order valence-corrected chi connectivity index (χ2v) is 6.98. The van der Waals surface area contributed by atoms with Gasteiger partial charge in [0.05, 0.1) is 25.6 Å². The first-order chi connectivity index (χ1) is 13.6. The Morgan fingerprint density at radius 3 is 2.61 bits per heavy atom. The number of hydrogen-bond acceptors (Lipinski definition) is 4. The van der Waals surface area contributed by atoms with Gasteiger partial charge in [-0.15, -0.1) is 0 Å². The van der Waals surface area contributed by atoms with E-state index < -0.39 is 0 Å². The minimum absolute atomic E-state index is 0.116. The molecule has 1 aliphatic rings. The third kappa shape index (κ3) is 3.58. The minimum atomic E-state index is -0.116. The normalized spacial score (nSPS) is 13.2. The van der Waals surface area contributed by atoms with Crippen LogP contribution in [0.25, 0.3) is 16.9 Å². The lowest BCUT2D eigenvalue weighted by Gasteiger charge is -2.09. The van der Waals surface area contributed by atoms with Gasteiger partial charge in [0.15, 0.2) is 0 Å². The molecule has 0 aliphatic heterocycles. The molecule has 0 atom stereocenters. The SMILES string of the molecule is COc1ccc(-c2cc(C(=O)NC3CC3)n(-c3cccc(C)c3)n2)c(OC)c1. The molecule has 1 aromatic heterocycles. The molecule has 28 heavy (non-hydrogen) atoms. The van der Waals surface area contributed by atoms with Gasteiger partial charge in [0, 0.05) is 17.7 Å². The number of benzene rings is 2. The Morgan fingerprint density at radius 2 is 1.93 bits per heavy atom. The summed E-state index contributed by atoms with van der Waals surface area (Å²) in [7, 11) is 3.22. The van der Waals surface area contributed by atoms with Crippen molar-refractivity contribution >= 4 is 5.91 Å². The van der Waals surface area contributed by atoms with E-state index in [1.807, 2.05) is 55.5 Å². The van der Waals surface area contributed by atoms with Gasteiger partial charge in [-0.25, -0.2) is 4.68 Å². The third-order valence-electron chi connectivity index (χ3n) is 4.79. The molecular formula is C22H23N3O3.